The Kier molecular flexibility index (Phi) is 6.49. The largest absolute Gasteiger partial charge is 0.508 e. The first-order valence-electron chi connectivity index (χ1n) is 5.90. The first-order chi connectivity index (χ1) is 8.71. The van der Waals surface area contributed by atoms with Gasteiger partial charge >= 0.3 is 0 Å². The van der Waals surface area contributed by atoms with Crippen LogP contribution in [0.3, 0.4) is 0 Å². The highest BCUT2D eigenvalue weighted by Gasteiger charge is 2.09. The van der Waals surface area contributed by atoms with Gasteiger partial charge in [0.15, 0.2) is 0 Å². The summed E-state index contributed by atoms with van der Waals surface area (Å²) < 4.78 is 10.2. The molecule has 0 bridgehead atoms. The lowest BCUT2D eigenvalue weighted by Crippen LogP contribution is -2.33. The molecule has 0 spiro atoms. The molecular weight excluding hydrogens is 234 g/mol. The van der Waals surface area contributed by atoms with Gasteiger partial charge in [-0.1, -0.05) is 0 Å². The second-order valence-electron chi connectivity index (χ2n) is 4.04. The van der Waals surface area contributed by atoms with Crippen LogP contribution in [0.4, 0.5) is 0 Å². The predicted molar refractivity (Wildman–Crippen MR) is 68.9 cm³/mol. The van der Waals surface area contributed by atoms with Crippen LogP contribution in [-0.4, -0.2) is 43.7 Å². The Balaban J connectivity index is 2.60. The van der Waals surface area contributed by atoms with E-state index in [1.807, 2.05) is 0 Å². The molecule has 1 atom stereocenters. The standard InChI is InChI=1S/C13H21NO4/c1-17-9-11(5-6-15)14-8-10-7-12(18-2)3-4-13(10)16/h3-4,7,11,14-16H,5-6,8-9H2,1-2H3. The van der Waals surface area contributed by atoms with Gasteiger partial charge in [-0.2, -0.15) is 0 Å². The fraction of sp³-hybridized carbons (Fsp3) is 0.538. The van der Waals surface area contributed by atoms with Crippen molar-refractivity contribution < 1.29 is 19.7 Å². The number of phenols is 1. The van der Waals surface area contributed by atoms with Crippen LogP contribution in [-0.2, 0) is 11.3 Å². The number of aliphatic hydroxyl groups is 1. The molecule has 0 aliphatic heterocycles. The SMILES string of the molecule is COCC(CCO)NCc1cc(OC)ccc1O. The average molecular weight is 255 g/mol. The van der Waals surface area contributed by atoms with Crippen LogP contribution >= 0.6 is 0 Å². The van der Waals surface area contributed by atoms with Crippen molar-refractivity contribution in [1.82, 2.24) is 5.32 Å². The van der Waals surface area contributed by atoms with E-state index >= 15 is 0 Å². The van der Waals surface area contributed by atoms with Crippen LogP contribution in [0, 0.1) is 0 Å². The quantitative estimate of drug-likeness (QED) is 0.643. The van der Waals surface area contributed by atoms with Crippen LogP contribution in [0.1, 0.15) is 12.0 Å². The van der Waals surface area contributed by atoms with Crippen LogP contribution < -0.4 is 10.1 Å². The van der Waals surface area contributed by atoms with Gasteiger partial charge in [-0.3, -0.25) is 0 Å². The Morgan fingerprint density at radius 3 is 2.72 bits per heavy atom. The number of hydrogen-bond acceptors (Lipinski definition) is 5. The third kappa shape index (κ3) is 4.52. The Bertz CT molecular complexity index is 351. The third-order valence-corrected chi connectivity index (χ3v) is 2.71. The molecule has 0 heterocycles. The highest BCUT2D eigenvalue weighted by molar-refractivity contribution is 5.39. The van der Waals surface area contributed by atoms with Gasteiger partial charge in [-0.25, -0.2) is 0 Å². The average Bonchev–Trinajstić information content (AvgIpc) is 2.38. The first-order valence-corrected chi connectivity index (χ1v) is 5.90. The number of benzene rings is 1. The summed E-state index contributed by atoms with van der Waals surface area (Å²) in [7, 11) is 3.21. The highest BCUT2D eigenvalue weighted by Crippen LogP contribution is 2.22. The van der Waals surface area contributed by atoms with E-state index in [1.165, 1.54) is 0 Å². The van der Waals surface area contributed by atoms with Crippen molar-refractivity contribution in [3.63, 3.8) is 0 Å². The van der Waals surface area contributed by atoms with Gasteiger partial charge < -0.3 is 25.0 Å². The number of phenolic OH excluding ortho intramolecular Hbond substituents is 1. The minimum atomic E-state index is 0.0607. The zero-order chi connectivity index (χ0) is 13.4. The topological polar surface area (TPSA) is 71.0 Å². The number of methoxy groups -OCH3 is 2. The zero-order valence-electron chi connectivity index (χ0n) is 10.8. The molecule has 0 aliphatic carbocycles. The minimum absolute atomic E-state index is 0.0607. The molecule has 0 amide bonds. The van der Waals surface area contributed by atoms with E-state index in [2.05, 4.69) is 5.32 Å². The Labute approximate surface area is 107 Å². The molecule has 0 radical (unpaired) electrons. The number of ether oxygens (including phenoxy) is 2. The van der Waals surface area contributed by atoms with Crippen molar-refractivity contribution in [3.8, 4) is 11.5 Å². The Hall–Kier alpha value is -1.30. The van der Waals surface area contributed by atoms with Gasteiger partial charge in [-0.05, 0) is 24.6 Å². The summed E-state index contributed by atoms with van der Waals surface area (Å²) >= 11 is 0. The molecule has 0 saturated carbocycles. The maximum Gasteiger partial charge on any atom is 0.120 e. The van der Waals surface area contributed by atoms with Crippen molar-refractivity contribution in [2.24, 2.45) is 0 Å². The highest BCUT2D eigenvalue weighted by atomic mass is 16.5. The number of hydrogen-bond donors (Lipinski definition) is 3. The van der Waals surface area contributed by atoms with Crippen molar-refractivity contribution in [3.05, 3.63) is 23.8 Å². The van der Waals surface area contributed by atoms with E-state index in [0.717, 1.165) is 5.56 Å². The molecule has 1 aromatic carbocycles. The van der Waals surface area contributed by atoms with Crippen molar-refractivity contribution in [2.75, 3.05) is 27.4 Å². The smallest absolute Gasteiger partial charge is 0.120 e. The summed E-state index contributed by atoms with van der Waals surface area (Å²) in [5.74, 6) is 0.929. The summed E-state index contributed by atoms with van der Waals surface area (Å²) in [6, 6.07) is 5.16. The third-order valence-electron chi connectivity index (χ3n) is 2.71. The van der Waals surface area contributed by atoms with Gasteiger partial charge in [0, 0.05) is 31.9 Å². The second kappa shape index (κ2) is 7.92. The van der Waals surface area contributed by atoms with Crippen molar-refractivity contribution in [2.45, 2.75) is 19.0 Å². The Morgan fingerprint density at radius 1 is 1.33 bits per heavy atom. The van der Waals surface area contributed by atoms with Crippen molar-refractivity contribution in [1.29, 1.82) is 0 Å². The lowest BCUT2D eigenvalue weighted by molar-refractivity contribution is 0.148. The molecule has 5 heteroatoms. The Morgan fingerprint density at radius 2 is 2.11 bits per heavy atom. The molecule has 102 valence electrons. The van der Waals surface area contributed by atoms with Gasteiger partial charge in [0.25, 0.3) is 0 Å². The monoisotopic (exact) mass is 255 g/mol. The summed E-state index contributed by atoms with van der Waals surface area (Å²) in [5.41, 5.74) is 0.758. The molecule has 0 fully saturated rings. The number of nitrogens with one attached hydrogen (secondary N) is 1. The maximum atomic E-state index is 9.73. The minimum Gasteiger partial charge on any atom is -0.508 e. The van der Waals surface area contributed by atoms with E-state index in [4.69, 9.17) is 14.6 Å². The van der Waals surface area contributed by atoms with Gasteiger partial charge in [0.2, 0.25) is 0 Å². The molecule has 3 N–H and O–H groups in total. The van der Waals surface area contributed by atoms with Crippen molar-refractivity contribution >= 4 is 0 Å². The summed E-state index contributed by atoms with van der Waals surface area (Å²) in [4.78, 5) is 0. The van der Waals surface area contributed by atoms with Crippen LogP contribution in [0.2, 0.25) is 0 Å². The van der Waals surface area contributed by atoms with E-state index in [1.54, 1.807) is 32.4 Å². The van der Waals surface area contributed by atoms with E-state index in [-0.39, 0.29) is 18.4 Å². The molecule has 5 nitrogen and oxygen atoms in total. The normalized spacial score (nSPS) is 12.4. The summed E-state index contributed by atoms with van der Waals surface area (Å²) in [5, 5.41) is 21.9. The molecule has 0 aromatic heterocycles. The number of aromatic hydroxyl groups is 1. The molecule has 0 aliphatic rings. The summed E-state index contributed by atoms with van der Waals surface area (Å²) in [6.45, 7) is 1.12. The van der Waals surface area contributed by atoms with Gasteiger partial charge in [0.05, 0.1) is 13.7 Å². The lowest BCUT2D eigenvalue weighted by Gasteiger charge is -2.17. The molecular formula is C13H21NO4. The molecule has 1 unspecified atom stereocenters. The molecule has 1 aromatic rings. The zero-order valence-corrected chi connectivity index (χ0v) is 10.8. The van der Waals surface area contributed by atoms with Crippen LogP contribution in [0.5, 0.6) is 11.5 Å². The maximum absolute atomic E-state index is 9.73. The van der Waals surface area contributed by atoms with E-state index < -0.39 is 0 Å². The first kappa shape index (κ1) is 14.8. The summed E-state index contributed by atoms with van der Waals surface area (Å²) in [6.07, 6.45) is 0.610. The lowest BCUT2D eigenvalue weighted by atomic mass is 10.1. The van der Waals surface area contributed by atoms with Crippen LogP contribution in [0.25, 0.3) is 0 Å². The van der Waals surface area contributed by atoms with Gasteiger partial charge in [-0.15, -0.1) is 0 Å². The predicted octanol–water partition coefficient (Wildman–Crippen LogP) is 0.888. The van der Waals surface area contributed by atoms with E-state index in [0.29, 0.717) is 25.3 Å². The number of aliphatic hydroxyl groups excluding tert-OH is 1. The number of rotatable bonds is 8. The fourth-order valence-corrected chi connectivity index (χ4v) is 1.69. The van der Waals surface area contributed by atoms with E-state index in [9.17, 15) is 5.11 Å². The molecule has 1 rings (SSSR count). The van der Waals surface area contributed by atoms with Crippen LogP contribution in [0.15, 0.2) is 18.2 Å². The molecule has 18 heavy (non-hydrogen) atoms. The second-order valence-corrected chi connectivity index (χ2v) is 4.04. The molecule has 0 saturated heterocycles. The fourth-order valence-electron chi connectivity index (χ4n) is 1.69. The van der Waals surface area contributed by atoms with Gasteiger partial charge in [0.1, 0.15) is 11.5 Å².